The first-order chi connectivity index (χ1) is 16.6. The minimum Gasteiger partial charge on any atom is -0.508 e. The Morgan fingerprint density at radius 3 is 2.03 bits per heavy atom. The molecule has 2 N–H and O–H groups in total. The summed E-state index contributed by atoms with van der Waals surface area (Å²) in [6.45, 7) is 8.98. The maximum atomic E-state index is 10.8. The molecule has 0 aliphatic carbocycles. The van der Waals surface area contributed by atoms with E-state index in [9.17, 15) is 10.2 Å². The summed E-state index contributed by atoms with van der Waals surface area (Å²) in [5.41, 5.74) is 4.62. The largest absolute Gasteiger partial charge is 0.508 e. The van der Waals surface area contributed by atoms with Gasteiger partial charge in [0, 0.05) is 56.0 Å². The molecular weight excluding hydrogens is 420 g/mol. The van der Waals surface area contributed by atoms with Gasteiger partial charge in [0.15, 0.2) is 0 Å². The van der Waals surface area contributed by atoms with Gasteiger partial charge in [-0.1, -0.05) is 60.7 Å². The van der Waals surface area contributed by atoms with Crippen LogP contribution in [0.2, 0.25) is 0 Å². The van der Waals surface area contributed by atoms with Crippen LogP contribution < -0.4 is 4.90 Å². The standard InChI is InChI=1S/C30H38N2O2/c1-23(2)31-18-20-32(21-19-31)26-16-14-25(15-17-26)30(28-11-6-7-13-29(28)34)27(12-8-22-33)24-9-4-3-5-10-24/h3-7,9-11,13-17,23,27,30,33-34H,8,12,18-22H2,1-2H3. The average molecular weight is 459 g/mol. The Morgan fingerprint density at radius 1 is 0.765 bits per heavy atom. The fourth-order valence-electron chi connectivity index (χ4n) is 5.31. The second-order valence-electron chi connectivity index (χ2n) is 9.63. The van der Waals surface area contributed by atoms with Crippen LogP contribution in [0.25, 0.3) is 0 Å². The zero-order chi connectivity index (χ0) is 23.9. The number of phenols is 1. The molecule has 1 aliphatic heterocycles. The number of nitrogens with zero attached hydrogens (tertiary/aromatic N) is 2. The van der Waals surface area contributed by atoms with Crippen LogP contribution in [-0.4, -0.2) is 53.9 Å². The highest BCUT2D eigenvalue weighted by Gasteiger charge is 2.28. The Labute approximate surface area is 204 Å². The number of piperazine rings is 1. The molecule has 3 aromatic carbocycles. The number of para-hydroxylation sites is 1. The summed E-state index contributed by atoms with van der Waals surface area (Å²) in [7, 11) is 0. The molecule has 1 heterocycles. The monoisotopic (exact) mass is 458 g/mol. The number of aliphatic hydroxyl groups excluding tert-OH is 1. The molecule has 0 saturated carbocycles. The van der Waals surface area contributed by atoms with Crippen LogP contribution in [-0.2, 0) is 0 Å². The Hall–Kier alpha value is -2.82. The van der Waals surface area contributed by atoms with Gasteiger partial charge >= 0.3 is 0 Å². The van der Waals surface area contributed by atoms with E-state index < -0.39 is 0 Å². The Balaban J connectivity index is 1.66. The maximum absolute atomic E-state index is 10.8. The summed E-state index contributed by atoms with van der Waals surface area (Å²) in [5.74, 6) is 0.482. The highest BCUT2D eigenvalue weighted by atomic mass is 16.3. The second kappa shape index (κ2) is 11.5. The molecule has 4 heteroatoms. The van der Waals surface area contributed by atoms with Crippen molar-refractivity contribution in [3.63, 3.8) is 0 Å². The minimum atomic E-state index is 0.00184. The number of hydrogen-bond donors (Lipinski definition) is 2. The maximum Gasteiger partial charge on any atom is 0.119 e. The smallest absolute Gasteiger partial charge is 0.119 e. The quantitative estimate of drug-likeness (QED) is 0.437. The summed E-state index contributed by atoms with van der Waals surface area (Å²) in [6, 6.07) is 27.7. The van der Waals surface area contributed by atoms with Gasteiger partial charge in [0.1, 0.15) is 5.75 Å². The van der Waals surface area contributed by atoms with E-state index in [1.807, 2.05) is 24.3 Å². The van der Waals surface area contributed by atoms with Gasteiger partial charge in [0.25, 0.3) is 0 Å². The van der Waals surface area contributed by atoms with Gasteiger partial charge < -0.3 is 15.1 Å². The van der Waals surface area contributed by atoms with Crippen molar-refractivity contribution in [1.29, 1.82) is 0 Å². The summed E-state index contributed by atoms with van der Waals surface area (Å²) in [5, 5.41) is 20.4. The normalized spacial score (nSPS) is 16.5. The van der Waals surface area contributed by atoms with Crippen molar-refractivity contribution >= 4 is 5.69 Å². The first kappa shape index (κ1) is 24.3. The van der Waals surface area contributed by atoms with Crippen LogP contribution in [0.3, 0.4) is 0 Å². The van der Waals surface area contributed by atoms with Gasteiger partial charge in [-0.2, -0.15) is 0 Å². The van der Waals surface area contributed by atoms with Crippen LogP contribution in [0.4, 0.5) is 5.69 Å². The van der Waals surface area contributed by atoms with E-state index in [-0.39, 0.29) is 18.4 Å². The second-order valence-corrected chi connectivity index (χ2v) is 9.63. The third-order valence-electron chi connectivity index (χ3n) is 7.24. The summed E-state index contributed by atoms with van der Waals surface area (Å²) >= 11 is 0. The number of anilines is 1. The number of aliphatic hydroxyl groups is 1. The van der Waals surface area contributed by atoms with Crippen molar-refractivity contribution in [3.8, 4) is 5.75 Å². The molecule has 180 valence electrons. The summed E-state index contributed by atoms with van der Waals surface area (Å²) in [4.78, 5) is 5.00. The van der Waals surface area contributed by atoms with E-state index in [0.29, 0.717) is 11.8 Å². The van der Waals surface area contributed by atoms with Crippen LogP contribution in [0.5, 0.6) is 5.75 Å². The lowest BCUT2D eigenvalue weighted by Crippen LogP contribution is -2.48. The number of rotatable bonds is 9. The molecule has 0 bridgehead atoms. The van der Waals surface area contributed by atoms with Crippen LogP contribution in [0.15, 0.2) is 78.9 Å². The fraction of sp³-hybridized carbons (Fsp3) is 0.400. The molecule has 1 fully saturated rings. The summed E-state index contributed by atoms with van der Waals surface area (Å²) < 4.78 is 0. The molecule has 1 aliphatic rings. The van der Waals surface area contributed by atoms with E-state index in [1.54, 1.807) is 6.07 Å². The molecule has 0 spiro atoms. The van der Waals surface area contributed by atoms with Gasteiger partial charge in [-0.05, 0) is 61.9 Å². The van der Waals surface area contributed by atoms with Crippen molar-refractivity contribution < 1.29 is 10.2 Å². The first-order valence-corrected chi connectivity index (χ1v) is 12.6. The molecule has 3 aromatic rings. The molecule has 1 saturated heterocycles. The molecule has 0 aromatic heterocycles. The van der Waals surface area contributed by atoms with E-state index in [0.717, 1.165) is 44.6 Å². The lowest BCUT2D eigenvalue weighted by Gasteiger charge is -2.38. The van der Waals surface area contributed by atoms with E-state index in [1.165, 1.54) is 16.8 Å². The molecule has 0 amide bonds. The Morgan fingerprint density at radius 2 is 1.41 bits per heavy atom. The highest BCUT2D eigenvalue weighted by molar-refractivity contribution is 5.52. The summed E-state index contributed by atoms with van der Waals surface area (Å²) in [6.07, 6.45) is 1.57. The topological polar surface area (TPSA) is 46.9 Å². The van der Waals surface area contributed by atoms with Crippen LogP contribution >= 0.6 is 0 Å². The lowest BCUT2D eigenvalue weighted by atomic mass is 9.75. The van der Waals surface area contributed by atoms with Crippen LogP contribution in [0.1, 0.15) is 55.2 Å². The zero-order valence-corrected chi connectivity index (χ0v) is 20.5. The van der Waals surface area contributed by atoms with E-state index >= 15 is 0 Å². The number of aromatic hydroxyl groups is 1. The van der Waals surface area contributed by atoms with E-state index in [2.05, 4.69) is 72.2 Å². The van der Waals surface area contributed by atoms with Gasteiger partial charge in [-0.15, -0.1) is 0 Å². The fourth-order valence-corrected chi connectivity index (χ4v) is 5.31. The number of benzene rings is 3. The molecular formula is C30H38N2O2. The highest BCUT2D eigenvalue weighted by Crippen LogP contribution is 2.44. The van der Waals surface area contributed by atoms with Crippen molar-refractivity contribution in [2.75, 3.05) is 37.7 Å². The molecule has 4 rings (SSSR count). The average Bonchev–Trinajstić information content (AvgIpc) is 2.88. The number of phenolic OH excluding ortho intramolecular Hbond substituents is 1. The van der Waals surface area contributed by atoms with E-state index in [4.69, 9.17) is 0 Å². The van der Waals surface area contributed by atoms with Gasteiger partial charge in [-0.3, -0.25) is 4.90 Å². The van der Waals surface area contributed by atoms with Crippen LogP contribution in [0, 0.1) is 0 Å². The third kappa shape index (κ3) is 5.63. The van der Waals surface area contributed by atoms with Crippen molar-refractivity contribution in [2.24, 2.45) is 0 Å². The molecule has 2 atom stereocenters. The van der Waals surface area contributed by atoms with Crippen molar-refractivity contribution in [3.05, 3.63) is 95.6 Å². The molecule has 34 heavy (non-hydrogen) atoms. The lowest BCUT2D eigenvalue weighted by molar-refractivity contribution is 0.209. The molecule has 2 unspecified atom stereocenters. The van der Waals surface area contributed by atoms with Crippen molar-refractivity contribution in [2.45, 2.75) is 44.6 Å². The predicted molar refractivity (Wildman–Crippen MR) is 141 cm³/mol. The van der Waals surface area contributed by atoms with Crippen molar-refractivity contribution in [1.82, 2.24) is 4.90 Å². The first-order valence-electron chi connectivity index (χ1n) is 12.6. The number of hydrogen-bond acceptors (Lipinski definition) is 4. The third-order valence-corrected chi connectivity index (χ3v) is 7.24. The Kier molecular flexibility index (Phi) is 8.25. The van der Waals surface area contributed by atoms with Gasteiger partial charge in [-0.25, -0.2) is 0 Å². The Bertz CT molecular complexity index is 1010. The molecule has 0 radical (unpaired) electrons. The predicted octanol–water partition coefficient (Wildman–Crippen LogP) is 5.61. The SMILES string of the molecule is CC(C)N1CCN(c2ccc(C(c3ccccc3O)C(CCCO)c3ccccc3)cc2)CC1. The minimum absolute atomic E-state index is 0.00184. The van der Waals surface area contributed by atoms with Gasteiger partial charge in [0.05, 0.1) is 0 Å². The van der Waals surface area contributed by atoms with Gasteiger partial charge in [0.2, 0.25) is 0 Å². The zero-order valence-electron chi connectivity index (χ0n) is 20.5. The molecule has 4 nitrogen and oxygen atoms in total.